The lowest BCUT2D eigenvalue weighted by Gasteiger charge is -2.56. The van der Waals surface area contributed by atoms with Gasteiger partial charge in [-0.2, -0.15) is 0 Å². The van der Waals surface area contributed by atoms with Crippen molar-refractivity contribution in [2.75, 3.05) is 5.32 Å². The highest BCUT2D eigenvalue weighted by Crippen LogP contribution is 2.61. The first-order valence-corrected chi connectivity index (χ1v) is 12.1. The van der Waals surface area contributed by atoms with Crippen molar-refractivity contribution in [3.05, 3.63) is 76.5 Å². The number of benzene rings is 2. The standard InChI is InChI=1S/C28H29FN2O2/c29-22-6-4-18(5-7-22)17-31-9-8-23-24(27(31)33)2-1-3-25(23)30-26(32)16-28-13-19-10-20(14-28)12-21(11-19)15-28/h1-9,19-21H,10-17H2,(H,30,32). The molecule has 170 valence electrons. The van der Waals surface area contributed by atoms with E-state index in [4.69, 9.17) is 0 Å². The monoisotopic (exact) mass is 444 g/mol. The van der Waals surface area contributed by atoms with Crippen LogP contribution in [-0.4, -0.2) is 10.5 Å². The normalized spacial score (nSPS) is 27.7. The third kappa shape index (κ3) is 3.88. The lowest BCUT2D eigenvalue weighted by molar-refractivity contribution is -0.124. The molecule has 1 amide bonds. The summed E-state index contributed by atoms with van der Waals surface area (Å²) >= 11 is 0. The van der Waals surface area contributed by atoms with Crippen LogP contribution >= 0.6 is 0 Å². The topological polar surface area (TPSA) is 51.1 Å². The van der Waals surface area contributed by atoms with Crippen molar-refractivity contribution in [3.8, 4) is 0 Å². The van der Waals surface area contributed by atoms with E-state index in [1.165, 1.54) is 50.7 Å². The fourth-order valence-electron chi connectivity index (χ4n) is 7.38. The van der Waals surface area contributed by atoms with E-state index in [1.54, 1.807) is 29.0 Å². The quantitative estimate of drug-likeness (QED) is 0.546. The van der Waals surface area contributed by atoms with Crippen LogP contribution < -0.4 is 10.9 Å². The zero-order chi connectivity index (χ0) is 22.6. The minimum atomic E-state index is -0.293. The maximum absolute atomic E-state index is 13.2. The number of pyridine rings is 1. The van der Waals surface area contributed by atoms with Crippen LogP contribution in [0.3, 0.4) is 0 Å². The van der Waals surface area contributed by atoms with Gasteiger partial charge in [-0.1, -0.05) is 18.2 Å². The number of rotatable bonds is 5. The highest BCUT2D eigenvalue weighted by Gasteiger charge is 2.51. The molecule has 4 saturated carbocycles. The van der Waals surface area contributed by atoms with E-state index in [2.05, 4.69) is 5.32 Å². The Labute approximate surface area is 192 Å². The maximum Gasteiger partial charge on any atom is 0.258 e. The van der Waals surface area contributed by atoms with Crippen molar-refractivity contribution in [2.45, 2.75) is 51.5 Å². The minimum absolute atomic E-state index is 0.0694. The number of carbonyl (C=O) groups excluding carboxylic acids is 1. The zero-order valence-corrected chi connectivity index (χ0v) is 18.7. The van der Waals surface area contributed by atoms with Gasteiger partial charge in [0.2, 0.25) is 5.91 Å². The average molecular weight is 445 g/mol. The van der Waals surface area contributed by atoms with Gasteiger partial charge in [-0.25, -0.2) is 4.39 Å². The van der Waals surface area contributed by atoms with Crippen LogP contribution in [0.4, 0.5) is 10.1 Å². The number of nitrogens with one attached hydrogen (secondary N) is 1. The van der Waals surface area contributed by atoms with Crippen LogP contribution in [0.1, 0.15) is 50.5 Å². The van der Waals surface area contributed by atoms with E-state index in [0.717, 1.165) is 28.7 Å². The fraction of sp³-hybridized carbons (Fsp3) is 0.429. The summed E-state index contributed by atoms with van der Waals surface area (Å²) < 4.78 is 14.8. The fourth-order valence-corrected chi connectivity index (χ4v) is 7.38. The van der Waals surface area contributed by atoms with Crippen molar-refractivity contribution < 1.29 is 9.18 Å². The first kappa shape index (κ1) is 20.6. The molecular formula is C28H29FN2O2. The van der Waals surface area contributed by atoms with Gasteiger partial charge >= 0.3 is 0 Å². The Kier molecular flexibility index (Phi) is 4.89. The Balaban J connectivity index is 1.23. The second-order valence-electron chi connectivity index (χ2n) is 10.8. The van der Waals surface area contributed by atoms with Gasteiger partial charge in [-0.05, 0) is 97.6 Å². The number of hydrogen-bond acceptors (Lipinski definition) is 2. The largest absolute Gasteiger partial charge is 0.325 e. The molecule has 4 nitrogen and oxygen atoms in total. The Morgan fingerprint density at radius 3 is 2.27 bits per heavy atom. The van der Waals surface area contributed by atoms with Gasteiger partial charge in [0.05, 0.1) is 6.54 Å². The molecule has 0 radical (unpaired) electrons. The lowest BCUT2D eigenvalue weighted by atomic mass is 9.49. The van der Waals surface area contributed by atoms with Crippen LogP contribution in [-0.2, 0) is 11.3 Å². The van der Waals surface area contributed by atoms with Gasteiger partial charge in [0.1, 0.15) is 5.82 Å². The molecule has 2 aromatic carbocycles. The van der Waals surface area contributed by atoms with Gasteiger partial charge in [-0.15, -0.1) is 0 Å². The van der Waals surface area contributed by atoms with Crippen molar-refractivity contribution in [1.29, 1.82) is 0 Å². The van der Waals surface area contributed by atoms with E-state index < -0.39 is 0 Å². The number of nitrogens with zero attached hydrogens (tertiary/aromatic N) is 1. The van der Waals surface area contributed by atoms with Crippen molar-refractivity contribution in [1.82, 2.24) is 4.57 Å². The summed E-state index contributed by atoms with van der Waals surface area (Å²) in [7, 11) is 0. The van der Waals surface area contributed by atoms with Crippen LogP contribution in [0.2, 0.25) is 0 Å². The number of aromatic nitrogens is 1. The van der Waals surface area contributed by atoms with E-state index in [9.17, 15) is 14.0 Å². The van der Waals surface area contributed by atoms with Crippen LogP contribution in [0, 0.1) is 29.0 Å². The molecule has 4 aliphatic rings. The molecule has 1 aromatic heterocycles. The van der Waals surface area contributed by atoms with Gasteiger partial charge < -0.3 is 9.88 Å². The van der Waals surface area contributed by atoms with E-state index >= 15 is 0 Å². The predicted molar refractivity (Wildman–Crippen MR) is 128 cm³/mol. The molecule has 7 rings (SSSR count). The predicted octanol–water partition coefficient (Wildman–Crippen LogP) is 5.73. The van der Waals surface area contributed by atoms with Crippen molar-refractivity contribution >= 4 is 22.4 Å². The lowest BCUT2D eigenvalue weighted by Crippen LogP contribution is -2.47. The Morgan fingerprint density at radius 1 is 0.939 bits per heavy atom. The van der Waals surface area contributed by atoms with Gasteiger partial charge in [-0.3, -0.25) is 9.59 Å². The minimum Gasteiger partial charge on any atom is -0.325 e. The number of halogens is 1. The number of fused-ring (bicyclic) bond motifs is 1. The molecule has 1 N–H and O–H groups in total. The summed E-state index contributed by atoms with van der Waals surface area (Å²) in [6.07, 6.45) is 10.1. The summed E-state index contributed by atoms with van der Waals surface area (Å²) in [4.78, 5) is 26.2. The summed E-state index contributed by atoms with van der Waals surface area (Å²) in [5.74, 6) is 2.24. The van der Waals surface area contributed by atoms with Crippen LogP contribution in [0.15, 0.2) is 59.5 Å². The molecule has 5 heteroatoms. The molecule has 4 fully saturated rings. The van der Waals surface area contributed by atoms with E-state index in [0.29, 0.717) is 24.0 Å². The molecule has 4 bridgehead atoms. The highest BCUT2D eigenvalue weighted by molar-refractivity contribution is 6.02. The van der Waals surface area contributed by atoms with E-state index in [1.807, 2.05) is 18.2 Å². The van der Waals surface area contributed by atoms with Gasteiger partial charge in [0, 0.05) is 29.1 Å². The summed E-state index contributed by atoms with van der Waals surface area (Å²) in [6.45, 7) is 0.373. The SMILES string of the molecule is O=C(CC12CC3CC(CC(C3)C1)C2)Nc1cccc2c(=O)n(Cc3ccc(F)cc3)ccc12. The molecule has 0 spiro atoms. The number of amides is 1. The van der Waals surface area contributed by atoms with E-state index in [-0.39, 0.29) is 22.7 Å². The van der Waals surface area contributed by atoms with Crippen molar-refractivity contribution in [2.24, 2.45) is 23.2 Å². The highest BCUT2D eigenvalue weighted by atomic mass is 19.1. The molecule has 3 aromatic rings. The first-order chi connectivity index (χ1) is 16.0. The summed E-state index contributed by atoms with van der Waals surface area (Å²) in [5.41, 5.74) is 1.63. The van der Waals surface area contributed by atoms with Gasteiger partial charge in [0.25, 0.3) is 5.56 Å². The molecule has 4 aliphatic carbocycles. The summed E-state index contributed by atoms with van der Waals surface area (Å²) in [6, 6.07) is 13.6. The molecular weight excluding hydrogens is 415 g/mol. The maximum atomic E-state index is 13.2. The van der Waals surface area contributed by atoms with Crippen LogP contribution in [0.25, 0.3) is 10.8 Å². The molecule has 33 heavy (non-hydrogen) atoms. The second kappa shape index (κ2) is 7.82. The smallest absolute Gasteiger partial charge is 0.258 e. The number of hydrogen-bond donors (Lipinski definition) is 1. The number of anilines is 1. The zero-order valence-electron chi connectivity index (χ0n) is 18.7. The van der Waals surface area contributed by atoms with Gasteiger partial charge in [0.15, 0.2) is 0 Å². The third-order valence-corrected chi connectivity index (χ3v) is 8.26. The molecule has 1 heterocycles. The Bertz CT molecular complexity index is 1240. The third-order valence-electron chi connectivity index (χ3n) is 8.26. The molecule has 0 unspecified atom stereocenters. The first-order valence-electron chi connectivity index (χ1n) is 12.1. The second-order valence-corrected chi connectivity index (χ2v) is 10.8. The number of carbonyl (C=O) groups is 1. The average Bonchev–Trinajstić information content (AvgIpc) is 2.76. The molecule has 0 aliphatic heterocycles. The Hall–Kier alpha value is -2.95. The summed E-state index contributed by atoms with van der Waals surface area (Å²) in [5, 5.41) is 4.47. The molecule has 0 atom stereocenters. The molecule has 0 saturated heterocycles. The van der Waals surface area contributed by atoms with Crippen molar-refractivity contribution in [3.63, 3.8) is 0 Å². The van der Waals surface area contributed by atoms with Crippen LogP contribution in [0.5, 0.6) is 0 Å². The Morgan fingerprint density at radius 2 is 1.61 bits per heavy atom.